The predicted octanol–water partition coefficient (Wildman–Crippen LogP) is 3.45. The number of aromatic hydroxyl groups is 1. The zero-order chi connectivity index (χ0) is 17.5. The van der Waals surface area contributed by atoms with E-state index in [1.807, 2.05) is 12.1 Å². The number of rotatable bonds is 7. The fraction of sp³-hybridized carbons (Fsp3) is 0.150. The van der Waals surface area contributed by atoms with Crippen molar-refractivity contribution in [1.29, 1.82) is 0 Å². The summed E-state index contributed by atoms with van der Waals surface area (Å²) in [7, 11) is 0. The Morgan fingerprint density at radius 1 is 1.08 bits per heavy atom. The zero-order valence-corrected chi connectivity index (χ0v) is 13.4. The molecule has 0 aliphatic rings. The highest BCUT2D eigenvalue weighted by Gasteiger charge is 2.21. The molecule has 0 aliphatic heterocycles. The van der Waals surface area contributed by atoms with Crippen LogP contribution < -0.4 is 10.5 Å². The van der Waals surface area contributed by atoms with E-state index in [2.05, 4.69) is 13.2 Å². The lowest BCUT2D eigenvalue weighted by atomic mass is 10.0. The van der Waals surface area contributed by atoms with Crippen LogP contribution in [0.15, 0.2) is 67.8 Å². The minimum Gasteiger partial charge on any atom is -0.508 e. The average Bonchev–Trinajstić information content (AvgIpc) is 2.58. The van der Waals surface area contributed by atoms with Crippen molar-refractivity contribution in [2.24, 2.45) is 5.73 Å². The lowest BCUT2D eigenvalue weighted by molar-refractivity contribution is -0.136. The highest BCUT2D eigenvalue weighted by molar-refractivity contribution is 5.80. The van der Waals surface area contributed by atoms with Crippen molar-refractivity contribution in [3.8, 4) is 11.5 Å². The normalized spacial score (nSPS) is 11.5. The van der Waals surface area contributed by atoms with Gasteiger partial charge in [-0.3, -0.25) is 0 Å². The van der Waals surface area contributed by atoms with Crippen LogP contribution in [0.1, 0.15) is 22.7 Å². The van der Waals surface area contributed by atoms with Gasteiger partial charge in [-0.1, -0.05) is 30.4 Å². The molecular formula is C20H21NO3. The van der Waals surface area contributed by atoms with Gasteiger partial charge in [-0.15, -0.1) is 13.2 Å². The summed E-state index contributed by atoms with van der Waals surface area (Å²) in [6.45, 7) is 7.35. The first kappa shape index (κ1) is 17.5. The highest BCUT2D eigenvalue weighted by Crippen LogP contribution is 2.26. The van der Waals surface area contributed by atoms with E-state index >= 15 is 0 Å². The monoisotopic (exact) mass is 323 g/mol. The molecule has 1 unspecified atom stereocenters. The van der Waals surface area contributed by atoms with Crippen molar-refractivity contribution >= 4 is 5.97 Å². The lowest BCUT2D eigenvalue weighted by Gasteiger charge is -2.14. The van der Waals surface area contributed by atoms with E-state index < -0.39 is 12.0 Å². The van der Waals surface area contributed by atoms with Gasteiger partial charge in [-0.2, -0.15) is 0 Å². The van der Waals surface area contributed by atoms with Gasteiger partial charge in [0.2, 0.25) is 0 Å². The van der Waals surface area contributed by atoms with E-state index in [1.165, 1.54) is 6.07 Å². The van der Waals surface area contributed by atoms with Crippen LogP contribution in [0.25, 0.3) is 0 Å². The topological polar surface area (TPSA) is 72.5 Å². The molecule has 3 N–H and O–H groups in total. The number of carbonyl (C=O) groups excluding carboxylic acids is 1. The van der Waals surface area contributed by atoms with Crippen LogP contribution in [0.5, 0.6) is 11.5 Å². The number of allylic oxidation sites excluding steroid dienone is 2. The summed E-state index contributed by atoms with van der Waals surface area (Å²) in [5.41, 5.74) is 8.28. The van der Waals surface area contributed by atoms with Crippen molar-refractivity contribution in [1.82, 2.24) is 0 Å². The van der Waals surface area contributed by atoms with E-state index in [0.717, 1.165) is 17.5 Å². The SMILES string of the molecule is C=CCc1ccc(OC(=O)C(N)c2cc(CC=C)ccc2O)cc1. The maximum Gasteiger partial charge on any atom is 0.333 e. The number of phenols is 1. The highest BCUT2D eigenvalue weighted by atomic mass is 16.5. The van der Waals surface area contributed by atoms with Crippen LogP contribution in [0.4, 0.5) is 0 Å². The van der Waals surface area contributed by atoms with Gasteiger partial charge in [0.15, 0.2) is 0 Å². The molecule has 0 fully saturated rings. The Morgan fingerprint density at radius 2 is 1.67 bits per heavy atom. The van der Waals surface area contributed by atoms with E-state index in [4.69, 9.17) is 10.5 Å². The van der Waals surface area contributed by atoms with Gasteiger partial charge in [0.25, 0.3) is 0 Å². The van der Waals surface area contributed by atoms with E-state index in [1.54, 1.807) is 36.4 Å². The summed E-state index contributed by atoms with van der Waals surface area (Å²) < 4.78 is 5.30. The Balaban J connectivity index is 2.12. The van der Waals surface area contributed by atoms with Gasteiger partial charge in [-0.05, 0) is 48.2 Å². The fourth-order valence-corrected chi connectivity index (χ4v) is 2.31. The quantitative estimate of drug-likeness (QED) is 0.465. The Morgan fingerprint density at radius 3 is 2.29 bits per heavy atom. The Hall–Kier alpha value is -2.85. The first-order valence-corrected chi connectivity index (χ1v) is 7.65. The van der Waals surface area contributed by atoms with E-state index in [-0.39, 0.29) is 5.75 Å². The molecule has 0 saturated carbocycles. The van der Waals surface area contributed by atoms with Crippen LogP contribution in [-0.2, 0) is 17.6 Å². The first-order valence-electron chi connectivity index (χ1n) is 7.65. The Bertz CT molecular complexity index is 735. The molecule has 0 aliphatic carbocycles. The molecule has 0 amide bonds. The van der Waals surface area contributed by atoms with Gasteiger partial charge in [0.05, 0.1) is 0 Å². The zero-order valence-electron chi connectivity index (χ0n) is 13.4. The number of benzene rings is 2. The van der Waals surface area contributed by atoms with Crippen molar-refractivity contribution in [3.05, 3.63) is 84.5 Å². The van der Waals surface area contributed by atoms with E-state index in [0.29, 0.717) is 17.7 Å². The molecule has 0 heterocycles. The number of esters is 1. The maximum atomic E-state index is 12.3. The number of carbonyl (C=O) groups is 1. The average molecular weight is 323 g/mol. The molecule has 0 aromatic heterocycles. The second kappa shape index (κ2) is 8.13. The van der Waals surface area contributed by atoms with Crippen molar-refractivity contribution in [3.63, 3.8) is 0 Å². The van der Waals surface area contributed by atoms with Gasteiger partial charge >= 0.3 is 5.97 Å². The number of ether oxygens (including phenoxy) is 1. The minimum absolute atomic E-state index is 0.0337. The molecule has 4 heteroatoms. The molecule has 24 heavy (non-hydrogen) atoms. The largest absolute Gasteiger partial charge is 0.508 e. The second-order valence-corrected chi connectivity index (χ2v) is 5.42. The minimum atomic E-state index is -1.07. The van der Waals surface area contributed by atoms with Gasteiger partial charge in [0, 0.05) is 5.56 Å². The summed E-state index contributed by atoms with van der Waals surface area (Å²) in [5.74, 6) is -0.254. The molecule has 0 spiro atoms. The summed E-state index contributed by atoms with van der Waals surface area (Å²) in [6.07, 6.45) is 4.91. The first-order chi connectivity index (χ1) is 11.5. The van der Waals surface area contributed by atoms with Gasteiger partial charge in [0.1, 0.15) is 17.5 Å². The van der Waals surface area contributed by atoms with Crippen molar-refractivity contribution in [2.75, 3.05) is 0 Å². The number of nitrogens with two attached hydrogens (primary N) is 1. The third kappa shape index (κ3) is 4.33. The van der Waals surface area contributed by atoms with Crippen LogP contribution in [0, 0.1) is 0 Å². The lowest BCUT2D eigenvalue weighted by Crippen LogP contribution is -2.26. The van der Waals surface area contributed by atoms with Gasteiger partial charge in [-0.25, -0.2) is 4.79 Å². The Kier molecular flexibility index (Phi) is 5.93. The van der Waals surface area contributed by atoms with Crippen LogP contribution in [-0.4, -0.2) is 11.1 Å². The van der Waals surface area contributed by atoms with Crippen LogP contribution >= 0.6 is 0 Å². The molecule has 2 rings (SSSR count). The fourth-order valence-electron chi connectivity index (χ4n) is 2.31. The number of hydrogen-bond donors (Lipinski definition) is 2. The van der Waals surface area contributed by atoms with Crippen LogP contribution in [0.3, 0.4) is 0 Å². The summed E-state index contributed by atoms with van der Waals surface area (Å²) in [5, 5.41) is 9.96. The summed E-state index contributed by atoms with van der Waals surface area (Å²) in [6, 6.07) is 11.0. The number of phenolic OH excluding ortho intramolecular Hbond substituents is 1. The Labute approximate surface area is 141 Å². The maximum absolute atomic E-state index is 12.3. The predicted molar refractivity (Wildman–Crippen MR) is 94.9 cm³/mol. The second-order valence-electron chi connectivity index (χ2n) is 5.42. The third-order valence-electron chi connectivity index (χ3n) is 3.58. The molecule has 0 bridgehead atoms. The standard InChI is InChI=1S/C20H21NO3/c1-3-5-14-7-10-16(11-8-14)24-20(23)19(21)17-13-15(6-4-2)9-12-18(17)22/h3-4,7-13,19,22H,1-2,5-6,21H2. The van der Waals surface area contributed by atoms with Gasteiger partial charge < -0.3 is 15.6 Å². The molecule has 2 aromatic carbocycles. The summed E-state index contributed by atoms with van der Waals surface area (Å²) in [4.78, 5) is 12.3. The van der Waals surface area contributed by atoms with E-state index in [9.17, 15) is 9.90 Å². The molecule has 2 aromatic rings. The smallest absolute Gasteiger partial charge is 0.333 e. The molecule has 1 atom stereocenters. The molecule has 0 saturated heterocycles. The molecule has 4 nitrogen and oxygen atoms in total. The molecule has 0 radical (unpaired) electrons. The number of hydrogen-bond acceptors (Lipinski definition) is 4. The third-order valence-corrected chi connectivity index (χ3v) is 3.58. The van der Waals surface area contributed by atoms with Crippen molar-refractivity contribution in [2.45, 2.75) is 18.9 Å². The summed E-state index contributed by atoms with van der Waals surface area (Å²) >= 11 is 0. The van der Waals surface area contributed by atoms with Crippen molar-refractivity contribution < 1.29 is 14.6 Å². The van der Waals surface area contributed by atoms with Crippen LogP contribution in [0.2, 0.25) is 0 Å². The molecular weight excluding hydrogens is 302 g/mol. The molecule has 124 valence electrons.